The van der Waals surface area contributed by atoms with Crippen molar-refractivity contribution in [2.75, 3.05) is 18.4 Å². The molecule has 1 aliphatic rings. The van der Waals surface area contributed by atoms with Crippen molar-refractivity contribution in [2.45, 2.75) is 25.9 Å². The number of benzene rings is 1. The van der Waals surface area contributed by atoms with E-state index in [1.165, 1.54) is 31.5 Å². The minimum Gasteiger partial charge on any atom is -0.379 e. The fraction of sp³-hybridized carbons (Fsp3) is 0.316. The van der Waals surface area contributed by atoms with Gasteiger partial charge in [0.05, 0.1) is 23.5 Å². The number of rotatable bonds is 5. The molecule has 4 nitrogen and oxygen atoms in total. The van der Waals surface area contributed by atoms with Gasteiger partial charge in [0.15, 0.2) is 0 Å². The summed E-state index contributed by atoms with van der Waals surface area (Å²) >= 11 is 6.09. The first kappa shape index (κ1) is 15.5. The van der Waals surface area contributed by atoms with Gasteiger partial charge in [0.2, 0.25) is 0 Å². The predicted molar refractivity (Wildman–Crippen MR) is 98.5 cm³/mol. The molecule has 3 aromatic rings. The molecule has 4 rings (SSSR count). The van der Waals surface area contributed by atoms with Crippen molar-refractivity contribution in [2.24, 2.45) is 0 Å². The summed E-state index contributed by atoms with van der Waals surface area (Å²) in [5.41, 5.74) is 4.52. The van der Waals surface area contributed by atoms with Crippen LogP contribution in [-0.4, -0.2) is 27.4 Å². The highest BCUT2D eigenvalue weighted by atomic mass is 35.5. The third kappa shape index (κ3) is 3.40. The Balaban J connectivity index is 1.45. The Bertz CT molecular complexity index is 836. The molecule has 1 fully saturated rings. The third-order valence-electron chi connectivity index (χ3n) is 4.55. The highest BCUT2D eigenvalue weighted by Crippen LogP contribution is 2.18. The molecule has 0 atom stereocenters. The van der Waals surface area contributed by atoms with Crippen LogP contribution in [0.15, 0.2) is 48.8 Å². The largest absolute Gasteiger partial charge is 0.379 e. The van der Waals surface area contributed by atoms with Crippen molar-refractivity contribution < 1.29 is 0 Å². The number of hydrogen-bond donors (Lipinski definition) is 1. The Morgan fingerprint density at radius 3 is 2.88 bits per heavy atom. The number of hydrogen-bond acceptors (Lipinski definition) is 3. The first-order chi connectivity index (χ1) is 11.8. The lowest BCUT2D eigenvalue weighted by Gasteiger charge is -2.15. The van der Waals surface area contributed by atoms with Gasteiger partial charge in [0.1, 0.15) is 5.65 Å². The summed E-state index contributed by atoms with van der Waals surface area (Å²) < 4.78 is 2.03. The zero-order chi connectivity index (χ0) is 16.4. The van der Waals surface area contributed by atoms with Crippen LogP contribution in [0.25, 0.3) is 5.65 Å². The zero-order valence-corrected chi connectivity index (χ0v) is 14.3. The van der Waals surface area contributed by atoms with Crippen molar-refractivity contribution in [3.8, 4) is 0 Å². The summed E-state index contributed by atoms with van der Waals surface area (Å²) in [6.07, 6.45) is 6.46. The van der Waals surface area contributed by atoms with Gasteiger partial charge in [-0.3, -0.25) is 4.90 Å². The van der Waals surface area contributed by atoms with Crippen LogP contribution in [-0.2, 0) is 13.1 Å². The molecule has 1 aromatic carbocycles. The van der Waals surface area contributed by atoms with Crippen LogP contribution in [0.4, 0.5) is 5.69 Å². The van der Waals surface area contributed by atoms with Crippen molar-refractivity contribution >= 4 is 22.9 Å². The number of imidazole rings is 1. The lowest BCUT2D eigenvalue weighted by Crippen LogP contribution is -2.18. The average molecular weight is 341 g/mol. The number of likely N-dealkylation sites (tertiary alicyclic amines) is 1. The third-order valence-corrected chi connectivity index (χ3v) is 4.78. The summed E-state index contributed by atoms with van der Waals surface area (Å²) in [6.45, 7) is 4.20. The minimum absolute atomic E-state index is 0.717. The maximum absolute atomic E-state index is 6.09. The normalized spacial score (nSPS) is 15.2. The maximum Gasteiger partial charge on any atom is 0.137 e. The molecular weight excluding hydrogens is 320 g/mol. The fourth-order valence-corrected chi connectivity index (χ4v) is 3.47. The zero-order valence-electron chi connectivity index (χ0n) is 13.6. The van der Waals surface area contributed by atoms with Crippen molar-refractivity contribution in [3.05, 3.63) is 65.1 Å². The van der Waals surface area contributed by atoms with Crippen LogP contribution < -0.4 is 5.32 Å². The van der Waals surface area contributed by atoms with Crippen LogP contribution in [0, 0.1) is 0 Å². The quantitative estimate of drug-likeness (QED) is 0.755. The minimum atomic E-state index is 0.717. The summed E-state index contributed by atoms with van der Waals surface area (Å²) in [5, 5.41) is 4.22. The lowest BCUT2D eigenvalue weighted by molar-refractivity contribution is 0.331. The Morgan fingerprint density at radius 2 is 2.00 bits per heavy atom. The number of halogens is 1. The van der Waals surface area contributed by atoms with Gasteiger partial charge >= 0.3 is 0 Å². The van der Waals surface area contributed by atoms with E-state index in [4.69, 9.17) is 11.6 Å². The van der Waals surface area contributed by atoms with Crippen molar-refractivity contribution in [1.29, 1.82) is 0 Å². The van der Waals surface area contributed by atoms with E-state index >= 15 is 0 Å². The molecule has 0 bridgehead atoms. The Hall–Kier alpha value is -2.04. The van der Waals surface area contributed by atoms with Gasteiger partial charge in [-0.15, -0.1) is 0 Å². The smallest absolute Gasteiger partial charge is 0.137 e. The van der Waals surface area contributed by atoms with E-state index in [0.29, 0.717) is 6.54 Å². The van der Waals surface area contributed by atoms with Gasteiger partial charge in [0, 0.05) is 18.4 Å². The molecule has 0 radical (unpaired) electrons. The number of nitrogens with zero attached hydrogens (tertiary/aromatic N) is 3. The van der Waals surface area contributed by atoms with E-state index in [2.05, 4.69) is 39.5 Å². The summed E-state index contributed by atoms with van der Waals surface area (Å²) in [7, 11) is 0. The highest BCUT2D eigenvalue weighted by molar-refractivity contribution is 6.30. The molecule has 0 unspecified atom stereocenters. The standard InChI is InChI=1S/C19H21ClN4/c20-16-6-7-19-22-12-18(24(19)14-16)11-21-17-5-3-4-15(10-17)13-23-8-1-2-9-23/h3-7,10,12,14,21H,1-2,8-9,11,13H2. The average Bonchev–Trinajstić information content (AvgIpc) is 3.23. The van der Waals surface area contributed by atoms with E-state index in [1.54, 1.807) is 0 Å². The van der Waals surface area contributed by atoms with Gasteiger partial charge in [-0.2, -0.15) is 0 Å². The Labute approximate surface area is 147 Å². The topological polar surface area (TPSA) is 32.6 Å². The monoisotopic (exact) mass is 340 g/mol. The summed E-state index contributed by atoms with van der Waals surface area (Å²) in [5.74, 6) is 0. The molecule has 2 aromatic heterocycles. The van der Waals surface area contributed by atoms with Crippen LogP contribution in [0.3, 0.4) is 0 Å². The molecular formula is C19H21ClN4. The van der Waals surface area contributed by atoms with Crippen LogP contribution in [0.5, 0.6) is 0 Å². The summed E-state index contributed by atoms with van der Waals surface area (Å²) in [6, 6.07) is 12.5. The van der Waals surface area contributed by atoms with E-state index in [0.717, 1.165) is 28.6 Å². The molecule has 24 heavy (non-hydrogen) atoms. The second kappa shape index (κ2) is 6.83. The molecule has 124 valence electrons. The SMILES string of the molecule is Clc1ccc2ncc(CNc3cccc(CN4CCCC4)c3)n2c1. The van der Waals surface area contributed by atoms with Crippen LogP contribution in [0.1, 0.15) is 24.1 Å². The van der Waals surface area contributed by atoms with Gasteiger partial charge in [-0.05, 0) is 55.8 Å². The van der Waals surface area contributed by atoms with E-state index in [1.807, 2.05) is 28.9 Å². The van der Waals surface area contributed by atoms with Gasteiger partial charge in [-0.1, -0.05) is 23.7 Å². The van der Waals surface area contributed by atoms with Gasteiger partial charge < -0.3 is 9.72 Å². The van der Waals surface area contributed by atoms with E-state index in [-0.39, 0.29) is 0 Å². The lowest BCUT2D eigenvalue weighted by atomic mass is 10.2. The molecule has 1 N–H and O–H groups in total. The van der Waals surface area contributed by atoms with Crippen molar-refractivity contribution in [3.63, 3.8) is 0 Å². The van der Waals surface area contributed by atoms with Crippen LogP contribution >= 0.6 is 11.6 Å². The maximum atomic E-state index is 6.09. The Morgan fingerprint density at radius 1 is 1.12 bits per heavy atom. The van der Waals surface area contributed by atoms with E-state index < -0.39 is 0 Å². The number of nitrogens with one attached hydrogen (secondary N) is 1. The summed E-state index contributed by atoms with van der Waals surface area (Å²) in [4.78, 5) is 6.94. The fourth-order valence-electron chi connectivity index (χ4n) is 3.31. The molecule has 0 amide bonds. The molecule has 0 aliphatic carbocycles. The van der Waals surface area contributed by atoms with E-state index in [9.17, 15) is 0 Å². The predicted octanol–water partition coefficient (Wildman–Crippen LogP) is 4.20. The van der Waals surface area contributed by atoms with Crippen molar-refractivity contribution in [1.82, 2.24) is 14.3 Å². The van der Waals surface area contributed by atoms with Gasteiger partial charge in [-0.25, -0.2) is 4.98 Å². The molecule has 1 aliphatic heterocycles. The second-order valence-electron chi connectivity index (χ2n) is 6.36. The molecule has 5 heteroatoms. The van der Waals surface area contributed by atoms with Gasteiger partial charge in [0.25, 0.3) is 0 Å². The number of pyridine rings is 1. The second-order valence-corrected chi connectivity index (χ2v) is 6.80. The Kier molecular flexibility index (Phi) is 4.41. The molecule has 3 heterocycles. The molecule has 1 saturated heterocycles. The first-order valence-electron chi connectivity index (χ1n) is 8.44. The number of fused-ring (bicyclic) bond motifs is 1. The number of aromatic nitrogens is 2. The highest BCUT2D eigenvalue weighted by Gasteiger charge is 2.11. The van der Waals surface area contributed by atoms with Crippen LogP contribution in [0.2, 0.25) is 5.02 Å². The first-order valence-corrected chi connectivity index (χ1v) is 8.82. The molecule has 0 saturated carbocycles. The number of anilines is 1. The molecule has 0 spiro atoms.